The number of fused-ring (bicyclic) bond motifs is 1. The normalized spacial score (nSPS) is 14.1. The molecule has 21 heavy (non-hydrogen) atoms. The van der Waals surface area contributed by atoms with Crippen LogP contribution < -0.4 is 4.90 Å². The molecule has 1 N–H and O–H groups in total. The third-order valence-electron chi connectivity index (χ3n) is 3.90. The van der Waals surface area contributed by atoms with Crippen LogP contribution in [0, 0.1) is 18.6 Å². The first-order valence-electron chi connectivity index (χ1n) is 7.06. The summed E-state index contributed by atoms with van der Waals surface area (Å²) in [7, 11) is 0. The third-order valence-corrected chi connectivity index (χ3v) is 3.90. The molecule has 0 unspecified atom stereocenters. The van der Waals surface area contributed by atoms with Gasteiger partial charge in [0.25, 0.3) is 0 Å². The number of anilines is 1. The van der Waals surface area contributed by atoms with E-state index < -0.39 is 17.4 Å². The molecule has 2 aromatic carbocycles. The number of hydrogen-bond acceptors (Lipinski definition) is 2. The van der Waals surface area contributed by atoms with Gasteiger partial charge in [-0.25, -0.2) is 8.78 Å². The summed E-state index contributed by atoms with van der Waals surface area (Å²) in [6.07, 6.45) is 2.06. The van der Waals surface area contributed by atoms with Gasteiger partial charge < -0.3 is 10.0 Å². The lowest BCUT2D eigenvalue weighted by atomic mass is 9.99. The number of nitrogens with zero attached hydrogens (tertiary/aromatic N) is 1. The second kappa shape index (κ2) is 5.35. The summed E-state index contributed by atoms with van der Waals surface area (Å²) < 4.78 is 26.9. The molecule has 1 aliphatic rings. The molecule has 0 fully saturated rings. The van der Waals surface area contributed by atoms with E-state index in [2.05, 4.69) is 30.0 Å². The van der Waals surface area contributed by atoms with Gasteiger partial charge in [-0.15, -0.1) is 0 Å². The maximum Gasteiger partial charge on any atom is 0.187 e. The number of aromatic hydroxyl groups is 1. The summed E-state index contributed by atoms with van der Waals surface area (Å²) in [4.78, 5) is 2.13. The van der Waals surface area contributed by atoms with Crippen molar-refractivity contribution >= 4 is 5.69 Å². The Bertz CT molecular complexity index is 661. The Morgan fingerprint density at radius 2 is 1.86 bits per heavy atom. The number of halogens is 2. The molecule has 110 valence electrons. The third kappa shape index (κ3) is 2.71. The van der Waals surface area contributed by atoms with Gasteiger partial charge in [-0.1, -0.05) is 17.7 Å². The Morgan fingerprint density at radius 1 is 1.14 bits per heavy atom. The summed E-state index contributed by atoms with van der Waals surface area (Å²) in [6.45, 7) is 3.36. The molecule has 0 aromatic heterocycles. The van der Waals surface area contributed by atoms with Crippen molar-refractivity contribution in [2.75, 3.05) is 11.4 Å². The molecule has 1 heterocycles. The Morgan fingerprint density at radius 3 is 2.57 bits per heavy atom. The molecule has 0 saturated carbocycles. The topological polar surface area (TPSA) is 23.5 Å². The maximum absolute atomic E-state index is 13.4. The van der Waals surface area contributed by atoms with Gasteiger partial charge in [0.05, 0.1) is 0 Å². The highest BCUT2D eigenvalue weighted by molar-refractivity contribution is 5.57. The summed E-state index contributed by atoms with van der Waals surface area (Å²) in [5.41, 5.74) is 4.15. The standard InChI is InChI=1S/C17H17F2NO/c1-11-4-5-16-13(7-11)3-2-6-20(16)10-12-8-14(18)17(21)15(19)9-12/h4-5,7-9,21H,2-3,6,10H2,1H3. The fourth-order valence-electron chi connectivity index (χ4n) is 2.90. The Hall–Kier alpha value is -2.10. The SMILES string of the molecule is Cc1ccc2c(c1)CCCN2Cc1cc(F)c(O)c(F)c1. The number of rotatable bonds is 2. The van der Waals surface area contributed by atoms with Gasteiger partial charge in [-0.05, 0) is 49.1 Å². The van der Waals surface area contributed by atoms with Crippen molar-refractivity contribution in [3.05, 3.63) is 58.7 Å². The molecule has 2 nitrogen and oxygen atoms in total. The van der Waals surface area contributed by atoms with Crippen LogP contribution in [0.5, 0.6) is 5.75 Å². The molecule has 0 amide bonds. The average Bonchev–Trinajstić information content (AvgIpc) is 2.44. The average molecular weight is 289 g/mol. The van der Waals surface area contributed by atoms with Gasteiger partial charge >= 0.3 is 0 Å². The van der Waals surface area contributed by atoms with Crippen LogP contribution in [0.25, 0.3) is 0 Å². The van der Waals surface area contributed by atoms with Crippen LogP contribution in [0.3, 0.4) is 0 Å². The summed E-state index contributed by atoms with van der Waals surface area (Å²) in [5, 5.41) is 9.16. The van der Waals surface area contributed by atoms with Crippen LogP contribution in [0.2, 0.25) is 0 Å². The lowest BCUT2D eigenvalue weighted by Gasteiger charge is -2.31. The van der Waals surface area contributed by atoms with Crippen molar-refractivity contribution in [3.63, 3.8) is 0 Å². The zero-order valence-corrected chi connectivity index (χ0v) is 11.9. The van der Waals surface area contributed by atoms with Crippen LogP contribution in [0.1, 0.15) is 23.1 Å². The van der Waals surface area contributed by atoms with Crippen molar-refractivity contribution < 1.29 is 13.9 Å². The van der Waals surface area contributed by atoms with Gasteiger partial charge in [-0.2, -0.15) is 0 Å². The smallest absolute Gasteiger partial charge is 0.187 e. The number of phenolic OH excluding ortho intramolecular Hbond substituents is 1. The van der Waals surface area contributed by atoms with E-state index in [0.29, 0.717) is 12.1 Å². The van der Waals surface area contributed by atoms with Crippen LogP contribution >= 0.6 is 0 Å². The van der Waals surface area contributed by atoms with Crippen molar-refractivity contribution in [2.24, 2.45) is 0 Å². The molecule has 1 aliphatic heterocycles. The maximum atomic E-state index is 13.4. The van der Waals surface area contributed by atoms with Gasteiger partial charge in [0.2, 0.25) is 0 Å². The first-order chi connectivity index (χ1) is 10.0. The highest BCUT2D eigenvalue weighted by Gasteiger charge is 2.18. The van der Waals surface area contributed by atoms with E-state index >= 15 is 0 Å². The van der Waals surface area contributed by atoms with E-state index in [1.165, 1.54) is 23.3 Å². The second-order valence-electron chi connectivity index (χ2n) is 5.57. The van der Waals surface area contributed by atoms with E-state index in [9.17, 15) is 8.78 Å². The summed E-state index contributed by atoms with van der Waals surface area (Å²) in [6, 6.07) is 8.67. The lowest BCUT2D eigenvalue weighted by Crippen LogP contribution is -2.28. The molecule has 2 aromatic rings. The number of benzene rings is 2. The van der Waals surface area contributed by atoms with E-state index in [1.54, 1.807) is 0 Å². The van der Waals surface area contributed by atoms with Crippen molar-refractivity contribution in [1.82, 2.24) is 0 Å². The van der Waals surface area contributed by atoms with Gasteiger partial charge in [-0.3, -0.25) is 0 Å². The number of aryl methyl sites for hydroxylation is 2. The van der Waals surface area contributed by atoms with Crippen LogP contribution in [-0.2, 0) is 13.0 Å². The minimum atomic E-state index is -0.911. The van der Waals surface area contributed by atoms with Crippen molar-refractivity contribution in [1.29, 1.82) is 0 Å². The molecule has 0 radical (unpaired) electrons. The summed E-state index contributed by atoms with van der Waals surface area (Å²) in [5.74, 6) is -2.73. The molecular weight excluding hydrogens is 272 g/mol. The van der Waals surface area contributed by atoms with Gasteiger partial charge in [0.1, 0.15) is 0 Å². The first-order valence-corrected chi connectivity index (χ1v) is 7.06. The largest absolute Gasteiger partial charge is 0.503 e. The fraction of sp³-hybridized carbons (Fsp3) is 0.294. The Labute approximate surface area is 122 Å². The highest BCUT2D eigenvalue weighted by Crippen LogP contribution is 2.30. The van der Waals surface area contributed by atoms with Crippen molar-refractivity contribution in [2.45, 2.75) is 26.3 Å². The van der Waals surface area contributed by atoms with E-state index in [0.717, 1.165) is 25.1 Å². The quantitative estimate of drug-likeness (QED) is 0.905. The monoisotopic (exact) mass is 289 g/mol. The van der Waals surface area contributed by atoms with Crippen LogP contribution in [-0.4, -0.2) is 11.7 Å². The molecule has 3 rings (SSSR count). The zero-order chi connectivity index (χ0) is 15.0. The van der Waals surface area contributed by atoms with Gasteiger partial charge in [0.15, 0.2) is 17.4 Å². The Kier molecular flexibility index (Phi) is 3.53. The molecular formula is C17H17F2NO. The predicted octanol–water partition coefficient (Wildman–Crippen LogP) is 3.93. The second-order valence-corrected chi connectivity index (χ2v) is 5.57. The van der Waals surface area contributed by atoms with E-state index in [-0.39, 0.29) is 0 Å². The molecule has 0 bridgehead atoms. The first kappa shape index (κ1) is 13.9. The predicted molar refractivity (Wildman–Crippen MR) is 78.6 cm³/mol. The molecule has 0 saturated heterocycles. The highest BCUT2D eigenvalue weighted by atomic mass is 19.1. The summed E-state index contributed by atoms with van der Waals surface area (Å²) >= 11 is 0. The minimum Gasteiger partial charge on any atom is -0.503 e. The van der Waals surface area contributed by atoms with E-state index in [4.69, 9.17) is 5.11 Å². The van der Waals surface area contributed by atoms with Crippen LogP contribution in [0.15, 0.2) is 30.3 Å². The molecule has 0 aliphatic carbocycles. The van der Waals surface area contributed by atoms with Crippen LogP contribution in [0.4, 0.5) is 14.5 Å². The molecule has 0 atom stereocenters. The van der Waals surface area contributed by atoms with E-state index in [1.807, 2.05) is 0 Å². The lowest BCUT2D eigenvalue weighted by molar-refractivity contribution is 0.395. The minimum absolute atomic E-state index is 0.435. The number of phenols is 1. The number of hydrogen-bond donors (Lipinski definition) is 1. The molecule has 0 spiro atoms. The molecule has 4 heteroatoms. The fourth-order valence-corrected chi connectivity index (χ4v) is 2.90. The zero-order valence-electron chi connectivity index (χ0n) is 11.9. The Balaban J connectivity index is 1.90. The van der Waals surface area contributed by atoms with Crippen molar-refractivity contribution in [3.8, 4) is 5.75 Å². The van der Waals surface area contributed by atoms with Gasteiger partial charge in [0, 0.05) is 18.8 Å².